The molecule has 5 atom stereocenters. The molecule has 0 radical (unpaired) electrons. The predicted molar refractivity (Wildman–Crippen MR) is 114 cm³/mol. The van der Waals surface area contributed by atoms with E-state index < -0.39 is 32.9 Å². The zero-order valence-electron chi connectivity index (χ0n) is 18.0. The van der Waals surface area contributed by atoms with Crippen LogP contribution in [0.4, 0.5) is 0 Å². The van der Waals surface area contributed by atoms with Crippen molar-refractivity contribution >= 4 is 29.5 Å². The summed E-state index contributed by atoms with van der Waals surface area (Å²) in [5.41, 5.74) is -0.410. The third-order valence-electron chi connectivity index (χ3n) is 6.68. The third-order valence-corrected chi connectivity index (χ3v) is 8.48. The second kappa shape index (κ2) is 7.12. The van der Waals surface area contributed by atoms with Gasteiger partial charge in [-0.05, 0) is 40.2 Å². The fourth-order valence-electron chi connectivity index (χ4n) is 5.44. The average Bonchev–Trinajstić information content (AvgIpc) is 2.90. The normalized spacial score (nSPS) is 38.2. The van der Waals surface area contributed by atoms with Gasteiger partial charge in [0.2, 0.25) is 11.8 Å². The fourth-order valence-corrected chi connectivity index (χ4v) is 7.59. The molecule has 2 amide bonds. The lowest BCUT2D eigenvalue weighted by Gasteiger charge is -2.41. The first-order valence-corrected chi connectivity index (χ1v) is 11.3. The van der Waals surface area contributed by atoms with E-state index in [0.29, 0.717) is 13.0 Å². The lowest BCUT2D eigenvalue weighted by molar-refractivity contribution is -0.152. The highest BCUT2D eigenvalue weighted by molar-refractivity contribution is 8.02. The summed E-state index contributed by atoms with van der Waals surface area (Å²) in [5.74, 6) is -2.02. The summed E-state index contributed by atoms with van der Waals surface area (Å²) >= 11 is 1.54. The lowest BCUT2D eigenvalue weighted by atomic mass is 9.75. The number of carbonyl (C=O) groups is 3. The maximum atomic E-state index is 13.9. The number of aliphatic hydroxyl groups is 1. The quantitative estimate of drug-likeness (QED) is 0.533. The Hall–Kier alpha value is -1.80. The molecule has 4 rings (SSSR count). The first kappa shape index (κ1) is 21.4. The van der Waals surface area contributed by atoms with Crippen molar-refractivity contribution < 1.29 is 24.2 Å². The molecule has 0 aliphatic carbocycles. The van der Waals surface area contributed by atoms with Gasteiger partial charge in [0.15, 0.2) is 0 Å². The van der Waals surface area contributed by atoms with Gasteiger partial charge in [0, 0.05) is 30.0 Å². The number of esters is 1. The molecule has 8 heteroatoms. The van der Waals surface area contributed by atoms with Crippen molar-refractivity contribution in [2.45, 2.75) is 55.2 Å². The van der Waals surface area contributed by atoms with Gasteiger partial charge in [0.25, 0.3) is 0 Å². The number of rotatable bonds is 3. The Bertz CT molecular complexity index is 834. The van der Waals surface area contributed by atoms with Gasteiger partial charge >= 0.3 is 5.97 Å². The molecule has 2 saturated heterocycles. The maximum absolute atomic E-state index is 13.9. The highest BCUT2D eigenvalue weighted by atomic mass is 32.2. The summed E-state index contributed by atoms with van der Waals surface area (Å²) in [4.78, 5) is 44.0. The number of cyclic esters (lactones) is 1. The molecule has 1 unspecified atom stereocenters. The third kappa shape index (κ3) is 2.94. The number of likely N-dealkylation sites (tertiary alicyclic amines) is 1. The van der Waals surface area contributed by atoms with Gasteiger partial charge in [-0.3, -0.25) is 14.4 Å². The van der Waals surface area contributed by atoms with Crippen molar-refractivity contribution in [2.24, 2.45) is 11.8 Å². The van der Waals surface area contributed by atoms with E-state index in [-0.39, 0.29) is 37.5 Å². The van der Waals surface area contributed by atoms with Crippen molar-refractivity contribution in [3.63, 3.8) is 0 Å². The summed E-state index contributed by atoms with van der Waals surface area (Å²) < 4.78 is 3.92. The van der Waals surface area contributed by atoms with Gasteiger partial charge in [-0.2, -0.15) is 0 Å². The summed E-state index contributed by atoms with van der Waals surface area (Å²) in [7, 11) is 0. The molecule has 1 spiro atoms. The number of ether oxygens (including phenoxy) is 1. The van der Waals surface area contributed by atoms with E-state index in [2.05, 4.69) is 0 Å². The van der Waals surface area contributed by atoms with Crippen LogP contribution in [0.25, 0.3) is 0 Å². The molecule has 164 valence electrons. The molecule has 7 nitrogen and oxygen atoms in total. The van der Waals surface area contributed by atoms with Crippen LogP contribution in [0.5, 0.6) is 0 Å². The first-order chi connectivity index (χ1) is 14.1. The van der Waals surface area contributed by atoms with Crippen molar-refractivity contribution in [3.8, 4) is 0 Å². The van der Waals surface area contributed by atoms with Crippen LogP contribution in [0.1, 0.15) is 34.1 Å². The molecule has 1 N–H and O–H groups in total. The Labute approximate surface area is 181 Å². The number of nitrogens with zero attached hydrogens (tertiary/aromatic N) is 2. The Kier molecular flexibility index (Phi) is 5.09. The van der Waals surface area contributed by atoms with Crippen LogP contribution in [-0.4, -0.2) is 80.1 Å². The van der Waals surface area contributed by atoms with Crippen LogP contribution in [0, 0.1) is 11.8 Å². The molecular weight excluding hydrogens is 404 g/mol. The fraction of sp³-hybridized carbons (Fsp3) is 0.682. The minimum absolute atomic E-state index is 0.0692. The van der Waals surface area contributed by atoms with Crippen molar-refractivity contribution in [3.05, 3.63) is 24.3 Å². The molecule has 2 fully saturated rings. The number of aliphatic hydroxyl groups excluding tert-OH is 1. The highest BCUT2D eigenvalue weighted by Crippen LogP contribution is 2.65. The molecule has 0 saturated carbocycles. The minimum Gasteiger partial charge on any atom is -0.461 e. The zero-order valence-corrected chi connectivity index (χ0v) is 18.8. The first-order valence-electron chi connectivity index (χ1n) is 10.5. The number of fused-ring (bicyclic) bond motifs is 2. The van der Waals surface area contributed by atoms with Crippen LogP contribution < -0.4 is 0 Å². The van der Waals surface area contributed by atoms with Gasteiger partial charge < -0.3 is 19.6 Å². The monoisotopic (exact) mass is 434 g/mol. The number of hydrogen-bond donors (Lipinski definition) is 1. The van der Waals surface area contributed by atoms with E-state index in [9.17, 15) is 19.5 Å². The SMILES string of the molecule is CC(C)(C)N1CC=C[C@]23S[C@]4(C)C=CCOC(=O)[C@@H]4[C@H]2C(=O)N(CCCO)C3C1=O. The molecule has 30 heavy (non-hydrogen) atoms. The van der Waals surface area contributed by atoms with Crippen molar-refractivity contribution in [1.82, 2.24) is 9.80 Å². The van der Waals surface area contributed by atoms with Crippen LogP contribution >= 0.6 is 11.8 Å². The molecule has 0 aromatic heterocycles. The smallest absolute Gasteiger partial charge is 0.311 e. The number of hydrogen-bond acceptors (Lipinski definition) is 6. The molecule has 0 aromatic carbocycles. The highest BCUT2D eigenvalue weighted by Gasteiger charge is 2.74. The van der Waals surface area contributed by atoms with Crippen LogP contribution in [-0.2, 0) is 19.1 Å². The average molecular weight is 435 g/mol. The molecular formula is C22H30N2O5S. The van der Waals surface area contributed by atoms with Crippen LogP contribution in [0.3, 0.4) is 0 Å². The Morgan fingerprint density at radius 3 is 2.57 bits per heavy atom. The van der Waals surface area contributed by atoms with Crippen LogP contribution in [0.15, 0.2) is 24.3 Å². The van der Waals surface area contributed by atoms with E-state index in [1.807, 2.05) is 52.0 Å². The molecule has 4 aliphatic heterocycles. The zero-order chi connectivity index (χ0) is 21.9. The van der Waals surface area contributed by atoms with E-state index in [0.717, 1.165) is 0 Å². The van der Waals surface area contributed by atoms with Gasteiger partial charge in [-0.1, -0.05) is 18.2 Å². The van der Waals surface area contributed by atoms with Crippen molar-refractivity contribution in [1.29, 1.82) is 0 Å². The Morgan fingerprint density at radius 1 is 1.17 bits per heavy atom. The van der Waals surface area contributed by atoms with Gasteiger partial charge in [-0.15, -0.1) is 11.8 Å². The van der Waals surface area contributed by atoms with E-state index in [4.69, 9.17) is 4.74 Å². The molecule has 0 aromatic rings. The van der Waals surface area contributed by atoms with Crippen molar-refractivity contribution in [2.75, 3.05) is 26.3 Å². The Morgan fingerprint density at radius 2 is 1.90 bits per heavy atom. The summed E-state index contributed by atoms with van der Waals surface area (Å²) in [6, 6.07) is -0.713. The van der Waals surface area contributed by atoms with Crippen LogP contribution in [0.2, 0.25) is 0 Å². The lowest BCUT2D eigenvalue weighted by Crippen LogP contribution is -2.57. The Balaban J connectivity index is 1.87. The van der Waals surface area contributed by atoms with Gasteiger partial charge in [-0.25, -0.2) is 0 Å². The second-order valence-corrected chi connectivity index (χ2v) is 11.5. The largest absolute Gasteiger partial charge is 0.461 e. The van der Waals surface area contributed by atoms with E-state index in [1.165, 1.54) is 11.8 Å². The second-order valence-electron chi connectivity index (χ2n) is 9.66. The number of carbonyl (C=O) groups excluding carboxylic acids is 3. The van der Waals surface area contributed by atoms with Gasteiger partial charge in [0.1, 0.15) is 12.6 Å². The van der Waals surface area contributed by atoms with Gasteiger partial charge in [0.05, 0.1) is 16.6 Å². The number of thioether (sulfide) groups is 1. The molecule has 4 aliphatic rings. The standard InChI is InChI=1S/C22H30N2O5S/c1-20(2,3)24-11-5-9-22-14(15-19(28)29-13-6-8-21(15,4)30-22)17(26)23(10-7-12-25)16(22)18(24)27/h5-6,8-9,14-16,25H,7,10-13H2,1-4H3/t14-,15-,16?,21+,22-/m0/s1. The van der Waals surface area contributed by atoms with E-state index >= 15 is 0 Å². The summed E-state index contributed by atoms with van der Waals surface area (Å²) in [5, 5.41) is 9.38. The predicted octanol–water partition coefficient (Wildman–Crippen LogP) is 1.37. The molecule has 0 bridgehead atoms. The summed E-state index contributed by atoms with van der Waals surface area (Å²) in [6.07, 6.45) is 8.14. The number of amides is 2. The topological polar surface area (TPSA) is 87.2 Å². The molecule has 4 heterocycles. The maximum Gasteiger partial charge on any atom is 0.311 e. The van der Waals surface area contributed by atoms with E-state index in [1.54, 1.807) is 9.80 Å². The minimum atomic E-state index is -0.844. The summed E-state index contributed by atoms with van der Waals surface area (Å²) in [6.45, 7) is 8.78.